The lowest BCUT2D eigenvalue weighted by Crippen LogP contribution is -1.87. The fraction of sp³-hybridized carbons (Fsp3) is 0. The highest BCUT2D eigenvalue weighted by Crippen LogP contribution is 2.28. The molecule has 0 spiro atoms. The van der Waals surface area contributed by atoms with E-state index < -0.39 is 0 Å². The third kappa shape index (κ3) is 1.40. The van der Waals surface area contributed by atoms with E-state index in [1.165, 1.54) is 12.1 Å². The van der Waals surface area contributed by atoms with E-state index in [1.807, 2.05) is 12.1 Å². The van der Waals surface area contributed by atoms with Crippen LogP contribution >= 0.6 is 15.9 Å². The fourth-order valence-electron chi connectivity index (χ4n) is 1.33. The Bertz CT molecular complexity index is 468. The third-order valence-corrected chi connectivity index (χ3v) is 2.60. The summed E-state index contributed by atoms with van der Waals surface area (Å²) in [6.07, 6.45) is 0. The predicted octanol–water partition coefficient (Wildman–Crippen LogP) is 3.32. The Morgan fingerprint density at radius 1 is 1.15 bits per heavy atom. The van der Waals surface area contributed by atoms with Gasteiger partial charge >= 0.3 is 0 Å². The molecule has 0 amide bonds. The van der Waals surface area contributed by atoms with Crippen LogP contribution in [0.5, 0.6) is 0 Å². The van der Waals surface area contributed by atoms with Crippen LogP contribution in [0.1, 0.15) is 0 Å². The highest BCUT2D eigenvalue weighted by molar-refractivity contribution is 9.10. The molecule has 0 saturated heterocycles. The molecule has 0 unspecified atom stereocenters. The summed E-state index contributed by atoms with van der Waals surface area (Å²) < 4.78 is 13.7. The smallest absolute Gasteiger partial charge is 0.125 e. The molecule has 66 valence electrons. The minimum Gasteiger partial charge on any atom is -0.398 e. The van der Waals surface area contributed by atoms with Crippen molar-refractivity contribution in [1.29, 1.82) is 0 Å². The standard InChI is InChI=1S/C10H7BrFN/c11-9-5-6(12)4-8-7(9)2-1-3-10(8)13/h1-5H,13H2. The lowest BCUT2D eigenvalue weighted by atomic mass is 10.1. The number of nitrogens with two attached hydrogens (primary N) is 1. The molecule has 2 aromatic carbocycles. The second kappa shape index (κ2) is 3.00. The molecule has 2 rings (SSSR count). The SMILES string of the molecule is Nc1cccc2c(Br)cc(F)cc12. The van der Waals surface area contributed by atoms with Gasteiger partial charge in [-0.15, -0.1) is 0 Å². The van der Waals surface area contributed by atoms with Crippen LogP contribution in [0.3, 0.4) is 0 Å². The Morgan fingerprint density at radius 3 is 2.69 bits per heavy atom. The second-order valence-corrected chi connectivity index (χ2v) is 3.68. The molecule has 0 aromatic heterocycles. The van der Waals surface area contributed by atoms with E-state index in [2.05, 4.69) is 15.9 Å². The molecule has 13 heavy (non-hydrogen) atoms. The van der Waals surface area contributed by atoms with Crippen molar-refractivity contribution < 1.29 is 4.39 Å². The van der Waals surface area contributed by atoms with Gasteiger partial charge in [0.05, 0.1) is 0 Å². The topological polar surface area (TPSA) is 26.0 Å². The van der Waals surface area contributed by atoms with Crippen molar-refractivity contribution in [1.82, 2.24) is 0 Å². The molecular weight excluding hydrogens is 233 g/mol. The molecule has 0 saturated carbocycles. The van der Waals surface area contributed by atoms with Gasteiger partial charge in [0.1, 0.15) is 5.82 Å². The number of benzene rings is 2. The number of hydrogen-bond donors (Lipinski definition) is 1. The van der Waals surface area contributed by atoms with Crippen molar-refractivity contribution in [3.63, 3.8) is 0 Å². The Labute approximate surface area is 83.5 Å². The molecule has 3 heteroatoms. The van der Waals surface area contributed by atoms with Crippen LogP contribution < -0.4 is 5.73 Å². The van der Waals surface area contributed by atoms with Gasteiger partial charge < -0.3 is 5.73 Å². The molecule has 0 atom stereocenters. The summed E-state index contributed by atoms with van der Waals surface area (Å²) in [6, 6.07) is 8.38. The van der Waals surface area contributed by atoms with Crippen molar-refractivity contribution >= 4 is 32.4 Å². The van der Waals surface area contributed by atoms with E-state index in [4.69, 9.17) is 5.73 Å². The van der Waals surface area contributed by atoms with Crippen LogP contribution in [0.4, 0.5) is 10.1 Å². The van der Waals surface area contributed by atoms with Gasteiger partial charge in [-0.1, -0.05) is 28.1 Å². The van der Waals surface area contributed by atoms with Gasteiger partial charge in [-0.3, -0.25) is 0 Å². The maximum atomic E-state index is 13.0. The Morgan fingerprint density at radius 2 is 1.92 bits per heavy atom. The molecule has 2 N–H and O–H groups in total. The van der Waals surface area contributed by atoms with Gasteiger partial charge in [-0.05, 0) is 23.6 Å². The molecule has 0 aliphatic rings. The van der Waals surface area contributed by atoms with Gasteiger partial charge in [0.25, 0.3) is 0 Å². The monoisotopic (exact) mass is 239 g/mol. The first-order valence-electron chi connectivity index (χ1n) is 3.82. The van der Waals surface area contributed by atoms with E-state index in [0.717, 1.165) is 15.2 Å². The van der Waals surface area contributed by atoms with Gasteiger partial charge in [0.2, 0.25) is 0 Å². The van der Waals surface area contributed by atoms with Crippen LogP contribution in [0.2, 0.25) is 0 Å². The first-order chi connectivity index (χ1) is 6.18. The van der Waals surface area contributed by atoms with Crippen LogP contribution in [-0.4, -0.2) is 0 Å². The maximum absolute atomic E-state index is 13.0. The number of halogens is 2. The second-order valence-electron chi connectivity index (χ2n) is 2.83. The van der Waals surface area contributed by atoms with Crippen LogP contribution in [0.25, 0.3) is 10.8 Å². The molecule has 1 nitrogen and oxygen atoms in total. The largest absolute Gasteiger partial charge is 0.398 e. The average Bonchev–Trinajstić information content (AvgIpc) is 2.07. The Balaban J connectivity index is 2.94. The van der Waals surface area contributed by atoms with Gasteiger partial charge in [0, 0.05) is 15.5 Å². The number of nitrogen functional groups attached to an aromatic ring is 1. The van der Waals surface area contributed by atoms with Gasteiger partial charge in [-0.2, -0.15) is 0 Å². The number of rotatable bonds is 0. The minimum absolute atomic E-state index is 0.280. The summed E-state index contributed by atoms with van der Waals surface area (Å²) in [7, 11) is 0. The van der Waals surface area contributed by atoms with Crippen LogP contribution in [0, 0.1) is 5.82 Å². The molecule has 0 fully saturated rings. The van der Waals surface area contributed by atoms with Crippen molar-refractivity contribution in [2.24, 2.45) is 0 Å². The quantitative estimate of drug-likeness (QED) is 0.702. The Kier molecular flexibility index (Phi) is 1.96. The lowest BCUT2D eigenvalue weighted by Gasteiger charge is -2.03. The fourth-order valence-corrected chi connectivity index (χ4v) is 1.90. The lowest BCUT2D eigenvalue weighted by molar-refractivity contribution is 0.629. The zero-order valence-electron chi connectivity index (χ0n) is 6.72. The van der Waals surface area contributed by atoms with Gasteiger partial charge in [0.15, 0.2) is 0 Å². The van der Waals surface area contributed by atoms with Crippen LogP contribution in [0.15, 0.2) is 34.8 Å². The molecule has 0 aliphatic heterocycles. The summed E-state index contributed by atoms with van der Waals surface area (Å²) in [6.45, 7) is 0. The minimum atomic E-state index is -0.280. The zero-order chi connectivity index (χ0) is 9.42. The van der Waals surface area contributed by atoms with E-state index in [9.17, 15) is 4.39 Å². The van der Waals surface area contributed by atoms with Gasteiger partial charge in [-0.25, -0.2) is 4.39 Å². The summed E-state index contributed by atoms with van der Waals surface area (Å²) in [5.41, 5.74) is 6.30. The summed E-state index contributed by atoms with van der Waals surface area (Å²) in [5.74, 6) is -0.280. The summed E-state index contributed by atoms with van der Waals surface area (Å²) in [5, 5.41) is 1.68. The summed E-state index contributed by atoms with van der Waals surface area (Å²) >= 11 is 3.29. The average molecular weight is 240 g/mol. The zero-order valence-corrected chi connectivity index (χ0v) is 8.31. The number of anilines is 1. The van der Waals surface area contributed by atoms with Crippen molar-refractivity contribution in [2.45, 2.75) is 0 Å². The first kappa shape index (κ1) is 8.51. The van der Waals surface area contributed by atoms with Crippen molar-refractivity contribution in [2.75, 3.05) is 5.73 Å². The van der Waals surface area contributed by atoms with Crippen molar-refractivity contribution in [3.8, 4) is 0 Å². The molecule has 0 heterocycles. The Hall–Kier alpha value is -1.09. The van der Waals surface area contributed by atoms with Crippen molar-refractivity contribution in [3.05, 3.63) is 40.6 Å². The number of hydrogen-bond acceptors (Lipinski definition) is 1. The van der Waals surface area contributed by atoms with E-state index in [1.54, 1.807) is 6.07 Å². The molecular formula is C10H7BrFN. The van der Waals surface area contributed by atoms with E-state index in [-0.39, 0.29) is 5.82 Å². The molecule has 2 aromatic rings. The van der Waals surface area contributed by atoms with E-state index >= 15 is 0 Å². The maximum Gasteiger partial charge on any atom is 0.125 e. The normalized spacial score (nSPS) is 10.6. The molecule has 0 aliphatic carbocycles. The summed E-state index contributed by atoms with van der Waals surface area (Å²) in [4.78, 5) is 0. The first-order valence-corrected chi connectivity index (χ1v) is 4.61. The third-order valence-electron chi connectivity index (χ3n) is 1.94. The number of fused-ring (bicyclic) bond motifs is 1. The van der Waals surface area contributed by atoms with E-state index in [0.29, 0.717) is 5.69 Å². The molecule has 0 radical (unpaired) electrons. The predicted molar refractivity (Wildman–Crippen MR) is 56.0 cm³/mol. The molecule has 0 bridgehead atoms. The highest BCUT2D eigenvalue weighted by atomic mass is 79.9. The highest BCUT2D eigenvalue weighted by Gasteiger charge is 2.03. The van der Waals surface area contributed by atoms with Crippen LogP contribution in [-0.2, 0) is 0 Å².